The molecule has 4 N–H and O–H groups in total. The molecule has 1 aliphatic rings. The zero-order valence-electron chi connectivity index (χ0n) is 11.0. The number of hydrogen-bond acceptors (Lipinski definition) is 7. The fourth-order valence-corrected chi connectivity index (χ4v) is 2.38. The van der Waals surface area contributed by atoms with E-state index in [1.807, 2.05) is 0 Å². The van der Waals surface area contributed by atoms with E-state index >= 15 is 0 Å². The molecule has 0 amide bonds. The van der Waals surface area contributed by atoms with Gasteiger partial charge in [-0.3, -0.25) is 4.57 Å². The number of aromatic nitrogens is 5. The highest BCUT2D eigenvalue weighted by Crippen LogP contribution is 2.21. The van der Waals surface area contributed by atoms with E-state index in [1.165, 1.54) is 0 Å². The molecule has 2 heterocycles. The van der Waals surface area contributed by atoms with Crippen molar-refractivity contribution in [1.29, 1.82) is 0 Å². The number of aliphatic hydroxyl groups excluding tert-OH is 1. The second-order valence-corrected chi connectivity index (χ2v) is 4.89. The fraction of sp³-hybridized carbons (Fsp3) is 0.500. The molecule has 2 aromatic rings. The monoisotopic (exact) mass is 275 g/mol. The Balaban J connectivity index is 1.82. The van der Waals surface area contributed by atoms with Crippen LogP contribution in [0.4, 0.5) is 11.9 Å². The normalized spacial score (nSPS) is 22.6. The Bertz CT molecular complexity index is 571. The van der Waals surface area contributed by atoms with Gasteiger partial charge in [-0.15, -0.1) is 0 Å². The van der Waals surface area contributed by atoms with E-state index < -0.39 is 0 Å². The van der Waals surface area contributed by atoms with Crippen molar-refractivity contribution in [3.8, 4) is 5.95 Å². The number of nitrogens with two attached hydrogens (primary N) is 1. The Morgan fingerprint density at radius 2 is 2.10 bits per heavy atom. The highest BCUT2D eigenvalue weighted by atomic mass is 16.3. The summed E-state index contributed by atoms with van der Waals surface area (Å²) in [6.45, 7) is 0. The van der Waals surface area contributed by atoms with Gasteiger partial charge in [-0.05, 0) is 12.8 Å². The van der Waals surface area contributed by atoms with Crippen LogP contribution in [0.5, 0.6) is 0 Å². The van der Waals surface area contributed by atoms with Gasteiger partial charge in [0.05, 0.1) is 12.1 Å². The molecule has 2 aromatic heterocycles. The van der Waals surface area contributed by atoms with Gasteiger partial charge in [0, 0.05) is 12.4 Å². The molecule has 1 fully saturated rings. The summed E-state index contributed by atoms with van der Waals surface area (Å²) in [5.74, 6) is 0.923. The molecule has 0 radical (unpaired) electrons. The van der Waals surface area contributed by atoms with Crippen molar-refractivity contribution < 1.29 is 5.11 Å². The van der Waals surface area contributed by atoms with Gasteiger partial charge in [-0.25, -0.2) is 4.98 Å². The van der Waals surface area contributed by atoms with Crippen LogP contribution in [0.1, 0.15) is 25.7 Å². The van der Waals surface area contributed by atoms with Crippen molar-refractivity contribution in [2.75, 3.05) is 11.1 Å². The molecule has 8 nitrogen and oxygen atoms in total. The number of aliphatic hydroxyl groups is 1. The van der Waals surface area contributed by atoms with Crippen molar-refractivity contribution in [3.05, 3.63) is 18.7 Å². The van der Waals surface area contributed by atoms with Gasteiger partial charge >= 0.3 is 0 Å². The summed E-state index contributed by atoms with van der Waals surface area (Å²) in [4.78, 5) is 16.4. The molecule has 8 heteroatoms. The van der Waals surface area contributed by atoms with E-state index in [4.69, 9.17) is 5.73 Å². The van der Waals surface area contributed by atoms with Gasteiger partial charge in [0.1, 0.15) is 6.33 Å². The molecule has 2 atom stereocenters. The van der Waals surface area contributed by atoms with E-state index in [0.717, 1.165) is 25.7 Å². The number of anilines is 2. The highest BCUT2D eigenvalue weighted by Gasteiger charge is 2.23. The standard InChI is InChI=1S/C12H17N7O/c13-10-16-11(15-8-3-1-2-4-9(8)20)18-12(17-10)19-6-5-14-7-19/h5-9,20H,1-4H2,(H3,13,15,16,17,18). The summed E-state index contributed by atoms with van der Waals surface area (Å²) >= 11 is 0. The number of hydrogen-bond donors (Lipinski definition) is 3. The third-order valence-electron chi connectivity index (χ3n) is 3.42. The zero-order valence-corrected chi connectivity index (χ0v) is 11.0. The second-order valence-electron chi connectivity index (χ2n) is 4.89. The lowest BCUT2D eigenvalue weighted by molar-refractivity contribution is 0.116. The van der Waals surface area contributed by atoms with Gasteiger partial charge < -0.3 is 16.2 Å². The molecule has 20 heavy (non-hydrogen) atoms. The Morgan fingerprint density at radius 1 is 1.25 bits per heavy atom. The first-order valence-corrected chi connectivity index (χ1v) is 6.67. The maximum absolute atomic E-state index is 9.97. The average molecular weight is 275 g/mol. The van der Waals surface area contributed by atoms with Crippen LogP contribution in [-0.2, 0) is 0 Å². The Labute approximate surface area is 116 Å². The lowest BCUT2D eigenvalue weighted by Crippen LogP contribution is -2.37. The van der Waals surface area contributed by atoms with E-state index in [-0.39, 0.29) is 18.1 Å². The van der Waals surface area contributed by atoms with Crippen LogP contribution >= 0.6 is 0 Å². The van der Waals surface area contributed by atoms with Crippen molar-refractivity contribution in [2.45, 2.75) is 37.8 Å². The minimum atomic E-state index is -0.376. The maximum Gasteiger partial charge on any atom is 0.241 e. The summed E-state index contributed by atoms with van der Waals surface area (Å²) in [7, 11) is 0. The number of rotatable bonds is 3. The summed E-state index contributed by atoms with van der Waals surface area (Å²) in [6, 6.07) is -0.0406. The molecule has 0 aromatic carbocycles. The van der Waals surface area contributed by atoms with Gasteiger partial charge in [-0.1, -0.05) is 12.8 Å². The first-order chi connectivity index (χ1) is 9.72. The molecule has 0 spiro atoms. The van der Waals surface area contributed by atoms with Crippen LogP contribution < -0.4 is 11.1 Å². The van der Waals surface area contributed by atoms with E-state index in [0.29, 0.717) is 11.9 Å². The molecule has 1 aliphatic carbocycles. The Kier molecular flexibility index (Phi) is 3.46. The largest absolute Gasteiger partial charge is 0.391 e. The van der Waals surface area contributed by atoms with E-state index in [9.17, 15) is 5.11 Å². The summed E-state index contributed by atoms with van der Waals surface area (Å²) in [5.41, 5.74) is 5.71. The van der Waals surface area contributed by atoms with Gasteiger partial charge in [-0.2, -0.15) is 15.0 Å². The van der Waals surface area contributed by atoms with E-state index in [2.05, 4.69) is 25.3 Å². The molecule has 3 rings (SSSR count). The molecular formula is C12H17N7O. The molecule has 2 unspecified atom stereocenters. The quantitative estimate of drug-likeness (QED) is 0.740. The number of nitrogens with zero attached hydrogens (tertiary/aromatic N) is 5. The SMILES string of the molecule is Nc1nc(NC2CCCCC2O)nc(-n2ccnc2)n1. The topological polar surface area (TPSA) is 115 Å². The van der Waals surface area contributed by atoms with Crippen molar-refractivity contribution >= 4 is 11.9 Å². The molecule has 106 valence electrons. The van der Waals surface area contributed by atoms with E-state index in [1.54, 1.807) is 23.3 Å². The zero-order chi connectivity index (χ0) is 13.9. The van der Waals surface area contributed by atoms with Crippen molar-refractivity contribution in [1.82, 2.24) is 24.5 Å². The minimum absolute atomic E-state index is 0.0406. The molecule has 0 aliphatic heterocycles. The molecular weight excluding hydrogens is 258 g/mol. The van der Waals surface area contributed by atoms with Crippen LogP contribution in [0.15, 0.2) is 18.7 Å². The van der Waals surface area contributed by atoms with Crippen LogP contribution in [0.2, 0.25) is 0 Å². The molecule has 0 saturated heterocycles. The average Bonchev–Trinajstić information content (AvgIpc) is 2.95. The Hall–Kier alpha value is -2.22. The number of imidazole rings is 1. The third kappa shape index (κ3) is 2.69. The molecule has 0 bridgehead atoms. The smallest absolute Gasteiger partial charge is 0.241 e. The summed E-state index contributed by atoms with van der Waals surface area (Å²) < 4.78 is 1.65. The number of nitrogens with one attached hydrogen (secondary N) is 1. The lowest BCUT2D eigenvalue weighted by Gasteiger charge is -2.28. The van der Waals surface area contributed by atoms with Gasteiger partial charge in [0.2, 0.25) is 17.8 Å². The predicted molar refractivity (Wildman–Crippen MR) is 73.2 cm³/mol. The van der Waals surface area contributed by atoms with Crippen molar-refractivity contribution in [3.63, 3.8) is 0 Å². The fourth-order valence-electron chi connectivity index (χ4n) is 2.38. The van der Waals surface area contributed by atoms with Crippen LogP contribution in [-0.4, -0.2) is 41.8 Å². The number of nitrogen functional groups attached to an aromatic ring is 1. The lowest BCUT2D eigenvalue weighted by atomic mass is 9.93. The first kappa shape index (κ1) is 12.8. The maximum atomic E-state index is 9.97. The van der Waals surface area contributed by atoms with Gasteiger partial charge in [0.25, 0.3) is 0 Å². The Morgan fingerprint density at radius 3 is 2.85 bits per heavy atom. The summed E-state index contributed by atoms with van der Waals surface area (Å²) in [5, 5.41) is 13.1. The minimum Gasteiger partial charge on any atom is -0.391 e. The summed E-state index contributed by atoms with van der Waals surface area (Å²) in [6.07, 6.45) is 8.42. The van der Waals surface area contributed by atoms with Gasteiger partial charge in [0.15, 0.2) is 0 Å². The third-order valence-corrected chi connectivity index (χ3v) is 3.42. The predicted octanol–water partition coefficient (Wildman–Crippen LogP) is 0.355. The first-order valence-electron chi connectivity index (χ1n) is 6.67. The van der Waals surface area contributed by atoms with Crippen LogP contribution in [0, 0.1) is 0 Å². The molecule has 1 saturated carbocycles. The van der Waals surface area contributed by atoms with Crippen LogP contribution in [0.3, 0.4) is 0 Å². The highest BCUT2D eigenvalue weighted by molar-refractivity contribution is 5.36. The van der Waals surface area contributed by atoms with Crippen molar-refractivity contribution in [2.24, 2.45) is 0 Å². The second kappa shape index (κ2) is 5.41. The van der Waals surface area contributed by atoms with Crippen LogP contribution in [0.25, 0.3) is 5.95 Å².